The first-order valence-corrected chi connectivity index (χ1v) is 6.13. The quantitative estimate of drug-likeness (QED) is 0.695. The Morgan fingerprint density at radius 3 is 1.71 bits per heavy atom. The van der Waals surface area contributed by atoms with Gasteiger partial charge in [-0.25, -0.2) is 0 Å². The number of rotatable bonds is 4. The minimum absolute atomic E-state index is 0.171. The van der Waals surface area contributed by atoms with Crippen LogP contribution in [0.1, 0.15) is 21.9 Å². The molecule has 0 saturated heterocycles. The Morgan fingerprint density at radius 2 is 1.36 bits per heavy atom. The van der Waals surface area contributed by atoms with E-state index in [4.69, 9.17) is 46.4 Å². The second kappa shape index (κ2) is 6.07. The van der Waals surface area contributed by atoms with Gasteiger partial charge in [-0.15, -0.1) is 46.4 Å². The monoisotopic (exact) mass is 270 g/mol. The van der Waals surface area contributed by atoms with Crippen molar-refractivity contribution in [1.82, 2.24) is 0 Å². The number of halogens is 4. The maximum Gasteiger partial charge on any atom is 0.0720 e. The summed E-state index contributed by atoms with van der Waals surface area (Å²) in [4.78, 5) is 0. The normalized spacial score (nSPS) is 15.1. The zero-order chi connectivity index (χ0) is 10.6. The number of hydrogen-bond acceptors (Lipinski definition) is 0. The highest BCUT2D eigenvalue weighted by atomic mass is 35.5. The van der Waals surface area contributed by atoms with Crippen molar-refractivity contribution in [3.63, 3.8) is 0 Å². The minimum atomic E-state index is -0.171. The van der Waals surface area contributed by atoms with E-state index in [1.54, 1.807) is 0 Å². The predicted octanol–water partition coefficient (Wildman–Crippen LogP) is 4.72. The summed E-state index contributed by atoms with van der Waals surface area (Å²) in [6.45, 7) is 0. The smallest absolute Gasteiger partial charge is 0.0720 e. The summed E-state index contributed by atoms with van der Waals surface area (Å²) in [5, 5.41) is -0.341. The minimum Gasteiger partial charge on any atom is -0.125 e. The molecule has 4 heteroatoms. The Bertz CT molecular complexity index is 262. The molecule has 0 nitrogen and oxygen atoms in total. The van der Waals surface area contributed by atoms with E-state index in [2.05, 4.69) is 0 Å². The van der Waals surface area contributed by atoms with E-state index in [9.17, 15) is 0 Å². The SMILES string of the molecule is ClC[C@H](Cl)c1cccc([C@@H](Cl)CCl)c1. The average molecular weight is 272 g/mol. The molecule has 0 unspecified atom stereocenters. The van der Waals surface area contributed by atoms with Crippen molar-refractivity contribution in [2.45, 2.75) is 10.8 Å². The molecule has 0 aliphatic heterocycles. The molecule has 1 aromatic rings. The van der Waals surface area contributed by atoms with E-state index in [0.717, 1.165) is 11.1 Å². The first-order chi connectivity index (χ1) is 6.69. The fourth-order valence-corrected chi connectivity index (χ4v) is 1.75. The Labute approximate surface area is 104 Å². The lowest BCUT2D eigenvalue weighted by Gasteiger charge is -2.10. The van der Waals surface area contributed by atoms with Crippen molar-refractivity contribution in [2.75, 3.05) is 11.8 Å². The molecule has 0 aromatic heterocycles. The highest BCUT2D eigenvalue weighted by Crippen LogP contribution is 2.27. The van der Waals surface area contributed by atoms with Crippen molar-refractivity contribution < 1.29 is 0 Å². The zero-order valence-electron chi connectivity index (χ0n) is 7.39. The third-order valence-electron chi connectivity index (χ3n) is 1.91. The zero-order valence-corrected chi connectivity index (χ0v) is 10.4. The summed E-state index contributed by atoms with van der Waals surface area (Å²) >= 11 is 23.3. The van der Waals surface area contributed by atoms with Crippen LogP contribution in [-0.2, 0) is 0 Å². The van der Waals surface area contributed by atoms with Gasteiger partial charge >= 0.3 is 0 Å². The Hall–Kier alpha value is 0.380. The summed E-state index contributed by atoms with van der Waals surface area (Å²) in [6, 6.07) is 7.72. The summed E-state index contributed by atoms with van der Waals surface area (Å²) in [7, 11) is 0. The number of alkyl halides is 4. The van der Waals surface area contributed by atoms with Gasteiger partial charge in [-0.2, -0.15) is 0 Å². The van der Waals surface area contributed by atoms with Crippen LogP contribution in [0.15, 0.2) is 24.3 Å². The maximum atomic E-state index is 6.00. The molecule has 2 atom stereocenters. The molecule has 0 bridgehead atoms. The maximum absolute atomic E-state index is 6.00. The van der Waals surface area contributed by atoms with Crippen molar-refractivity contribution in [1.29, 1.82) is 0 Å². The standard InChI is InChI=1S/C10H10Cl4/c11-5-9(13)7-2-1-3-8(4-7)10(14)6-12/h1-4,9-10H,5-6H2/t9-,10-/m0/s1. The van der Waals surface area contributed by atoms with Crippen LogP contribution in [0.5, 0.6) is 0 Å². The van der Waals surface area contributed by atoms with Gasteiger partial charge in [0.1, 0.15) is 0 Å². The second-order valence-electron chi connectivity index (χ2n) is 2.91. The summed E-state index contributed by atoms with van der Waals surface area (Å²) in [5.74, 6) is 0.775. The first-order valence-electron chi connectivity index (χ1n) is 4.19. The molecular formula is C10H10Cl4. The van der Waals surface area contributed by atoms with E-state index in [0.29, 0.717) is 11.8 Å². The molecule has 0 saturated carbocycles. The van der Waals surface area contributed by atoms with Crippen LogP contribution in [0.2, 0.25) is 0 Å². The largest absolute Gasteiger partial charge is 0.125 e. The fraction of sp³-hybridized carbons (Fsp3) is 0.400. The predicted molar refractivity (Wildman–Crippen MR) is 65.1 cm³/mol. The first kappa shape index (κ1) is 12.4. The van der Waals surface area contributed by atoms with E-state index in [1.165, 1.54) is 0 Å². The van der Waals surface area contributed by atoms with E-state index >= 15 is 0 Å². The van der Waals surface area contributed by atoms with Crippen LogP contribution in [-0.4, -0.2) is 11.8 Å². The van der Waals surface area contributed by atoms with Crippen LogP contribution in [0.4, 0.5) is 0 Å². The molecule has 1 rings (SSSR count). The van der Waals surface area contributed by atoms with Crippen LogP contribution in [0.25, 0.3) is 0 Å². The molecule has 1 aromatic carbocycles. The van der Waals surface area contributed by atoms with Crippen LogP contribution >= 0.6 is 46.4 Å². The highest BCUT2D eigenvalue weighted by Gasteiger charge is 2.10. The molecule has 0 spiro atoms. The molecule has 0 radical (unpaired) electrons. The Morgan fingerprint density at radius 1 is 0.929 bits per heavy atom. The van der Waals surface area contributed by atoms with Gasteiger partial charge in [-0.3, -0.25) is 0 Å². The molecule has 0 fully saturated rings. The third kappa shape index (κ3) is 3.20. The molecular weight excluding hydrogens is 262 g/mol. The molecule has 0 heterocycles. The second-order valence-corrected chi connectivity index (χ2v) is 4.58. The lowest BCUT2D eigenvalue weighted by atomic mass is 10.1. The molecule has 0 aliphatic rings. The van der Waals surface area contributed by atoms with Crippen LogP contribution in [0, 0.1) is 0 Å². The lowest BCUT2D eigenvalue weighted by Crippen LogP contribution is -1.96. The Kier molecular flexibility index (Phi) is 5.40. The average Bonchev–Trinajstić information content (AvgIpc) is 2.27. The fourth-order valence-electron chi connectivity index (χ4n) is 1.13. The Balaban J connectivity index is 2.89. The van der Waals surface area contributed by atoms with Gasteiger partial charge in [-0.1, -0.05) is 24.3 Å². The molecule has 0 N–H and O–H groups in total. The van der Waals surface area contributed by atoms with Gasteiger partial charge in [0.25, 0.3) is 0 Å². The van der Waals surface area contributed by atoms with Crippen molar-refractivity contribution in [2.24, 2.45) is 0 Å². The van der Waals surface area contributed by atoms with Gasteiger partial charge in [-0.05, 0) is 11.1 Å². The molecule has 14 heavy (non-hydrogen) atoms. The van der Waals surface area contributed by atoms with E-state index in [1.807, 2.05) is 24.3 Å². The third-order valence-corrected chi connectivity index (χ3v) is 3.65. The van der Waals surface area contributed by atoms with Crippen molar-refractivity contribution >= 4 is 46.4 Å². The van der Waals surface area contributed by atoms with Gasteiger partial charge in [0.15, 0.2) is 0 Å². The topological polar surface area (TPSA) is 0 Å². The van der Waals surface area contributed by atoms with Crippen molar-refractivity contribution in [3.8, 4) is 0 Å². The molecule has 0 amide bonds. The van der Waals surface area contributed by atoms with Gasteiger partial charge in [0, 0.05) is 11.8 Å². The van der Waals surface area contributed by atoms with E-state index in [-0.39, 0.29) is 10.8 Å². The molecule has 78 valence electrons. The van der Waals surface area contributed by atoms with Crippen LogP contribution in [0.3, 0.4) is 0 Å². The van der Waals surface area contributed by atoms with E-state index < -0.39 is 0 Å². The summed E-state index contributed by atoms with van der Waals surface area (Å²) in [6.07, 6.45) is 0. The number of benzene rings is 1. The summed E-state index contributed by atoms with van der Waals surface area (Å²) < 4.78 is 0. The van der Waals surface area contributed by atoms with Crippen molar-refractivity contribution in [3.05, 3.63) is 35.4 Å². The lowest BCUT2D eigenvalue weighted by molar-refractivity contribution is 1.04. The summed E-state index contributed by atoms with van der Waals surface area (Å²) in [5.41, 5.74) is 1.96. The molecule has 0 aliphatic carbocycles. The highest BCUT2D eigenvalue weighted by molar-refractivity contribution is 6.28. The number of hydrogen-bond donors (Lipinski definition) is 0. The van der Waals surface area contributed by atoms with Crippen LogP contribution < -0.4 is 0 Å². The van der Waals surface area contributed by atoms with Gasteiger partial charge < -0.3 is 0 Å². The van der Waals surface area contributed by atoms with Gasteiger partial charge in [0.2, 0.25) is 0 Å². The van der Waals surface area contributed by atoms with Gasteiger partial charge in [0.05, 0.1) is 10.8 Å².